The largest absolute Gasteiger partial charge is 0.383 e. The number of H-pyrrole nitrogens is 2. The number of benzene rings is 2. The van der Waals surface area contributed by atoms with E-state index in [1.165, 1.54) is 17.5 Å². The van der Waals surface area contributed by atoms with E-state index >= 15 is 0 Å². The number of nitrogens with one attached hydrogen (secondary N) is 4. The lowest BCUT2D eigenvalue weighted by molar-refractivity contribution is 0.767. The molecular weight excluding hydrogens is 366 g/mol. The zero-order chi connectivity index (χ0) is 20.0. The molecule has 0 unspecified atom stereocenters. The molecule has 0 aliphatic heterocycles. The third-order valence-corrected chi connectivity index (χ3v) is 5.32. The van der Waals surface area contributed by atoms with Crippen LogP contribution in [0.15, 0.2) is 53.6 Å². The summed E-state index contributed by atoms with van der Waals surface area (Å²) in [7, 11) is 0. The number of hydrogen-bond donors (Lipinski definition) is 5. The second-order valence-corrected chi connectivity index (χ2v) is 7.22. The number of rotatable bonds is 4. The van der Waals surface area contributed by atoms with Gasteiger partial charge in [-0.3, -0.25) is 5.41 Å². The van der Waals surface area contributed by atoms with Crippen molar-refractivity contribution in [2.45, 2.75) is 18.9 Å². The monoisotopic (exact) mass is 385 g/mol. The van der Waals surface area contributed by atoms with Crippen molar-refractivity contribution in [3.63, 3.8) is 0 Å². The molecule has 0 fully saturated rings. The molecule has 0 saturated heterocycles. The van der Waals surface area contributed by atoms with Crippen LogP contribution in [-0.2, 0) is 12.8 Å². The van der Waals surface area contributed by atoms with E-state index in [-0.39, 0.29) is 23.3 Å². The molecule has 144 valence electrons. The first-order chi connectivity index (χ1) is 14.1. The van der Waals surface area contributed by atoms with Crippen molar-refractivity contribution < 1.29 is 0 Å². The van der Waals surface area contributed by atoms with E-state index in [0.717, 1.165) is 12.8 Å². The van der Waals surface area contributed by atoms with Crippen LogP contribution in [0, 0.1) is 5.41 Å². The van der Waals surface area contributed by atoms with Crippen molar-refractivity contribution in [2.75, 3.05) is 11.1 Å². The molecular formula is C21H19N7O. The molecule has 0 amide bonds. The van der Waals surface area contributed by atoms with E-state index in [0.29, 0.717) is 28.0 Å². The Hall–Kier alpha value is -3.94. The van der Waals surface area contributed by atoms with Crippen LogP contribution in [0.4, 0.5) is 11.6 Å². The minimum atomic E-state index is -0.283. The van der Waals surface area contributed by atoms with Crippen LogP contribution < -0.4 is 16.7 Å². The molecule has 1 aliphatic rings. The molecule has 0 bridgehead atoms. The van der Waals surface area contributed by atoms with Crippen LogP contribution in [-0.4, -0.2) is 31.7 Å². The van der Waals surface area contributed by atoms with Crippen LogP contribution in [0.5, 0.6) is 0 Å². The molecule has 0 radical (unpaired) electrons. The zero-order valence-corrected chi connectivity index (χ0v) is 15.5. The fourth-order valence-corrected chi connectivity index (χ4v) is 3.94. The Morgan fingerprint density at radius 1 is 1.07 bits per heavy atom. The molecule has 0 spiro atoms. The van der Waals surface area contributed by atoms with Gasteiger partial charge in [-0.05, 0) is 36.1 Å². The lowest BCUT2D eigenvalue weighted by Gasteiger charge is -2.17. The maximum Gasteiger partial charge on any atom is 0.323 e. The Balaban J connectivity index is 1.48. The van der Waals surface area contributed by atoms with Crippen molar-refractivity contribution >= 4 is 28.4 Å². The number of nitrogens with two attached hydrogens (primary N) is 1. The summed E-state index contributed by atoms with van der Waals surface area (Å²) in [5, 5.41) is 12.2. The minimum Gasteiger partial charge on any atom is -0.383 e. The molecule has 4 aromatic rings. The number of aromatic amines is 2. The lowest BCUT2D eigenvalue weighted by Crippen LogP contribution is -2.23. The van der Waals surface area contributed by atoms with Gasteiger partial charge in [-0.2, -0.15) is 0 Å². The van der Waals surface area contributed by atoms with E-state index in [4.69, 9.17) is 11.1 Å². The summed E-state index contributed by atoms with van der Waals surface area (Å²) in [5.41, 5.74) is 11.1. The molecule has 2 aromatic heterocycles. The molecule has 8 nitrogen and oxygen atoms in total. The quantitative estimate of drug-likeness (QED) is 0.343. The van der Waals surface area contributed by atoms with E-state index in [1.807, 2.05) is 12.1 Å². The topological polar surface area (TPSA) is 136 Å². The minimum absolute atomic E-state index is 0.178. The van der Waals surface area contributed by atoms with Gasteiger partial charge in [0.05, 0.1) is 22.3 Å². The highest BCUT2D eigenvalue weighted by Crippen LogP contribution is 2.27. The molecule has 5 rings (SSSR count). The normalized spacial score (nSPS) is 13.5. The number of fused-ring (bicyclic) bond motifs is 2. The summed E-state index contributed by atoms with van der Waals surface area (Å²) in [6.07, 6.45) is 3.19. The van der Waals surface area contributed by atoms with Crippen LogP contribution in [0.1, 0.15) is 22.3 Å². The Labute approximate surface area is 165 Å². The standard InChI is InChI=1S/C21H19N7O/c22-18(13-5-6-15-16(9-13)28-21(29)27-15)17-19(23)24-10-25-20(17)26-14-7-11-3-1-2-4-12(11)8-14/h1-6,9-10,14,22H,7-8H2,(H2,27,28,29)(H3,23,24,25,26). The van der Waals surface area contributed by atoms with Crippen molar-refractivity contribution in [1.29, 1.82) is 5.41 Å². The lowest BCUT2D eigenvalue weighted by atomic mass is 10.0. The maximum atomic E-state index is 11.5. The Bertz CT molecular complexity index is 1280. The van der Waals surface area contributed by atoms with Crippen LogP contribution in [0.3, 0.4) is 0 Å². The summed E-state index contributed by atoms with van der Waals surface area (Å²) >= 11 is 0. The number of nitrogens with zero attached hydrogens (tertiary/aromatic N) is 2. The molecule has 2 aromatic carbocycles. The highest BCUT2D eigenvalue weighted by atomic mass is 16.1. The Morgan fingerprint density at radius 2 is 1.79 bits per heavy atom. The first-order valence-corrected chi connectivity index (χ1v) is 9.33. The van der Waals surface area contributed by atoms with Gasteiger partial charge in [0, 0.05) is 11.6 Å². The molecule has 8 heteroatoms. The second kappa shape index (κ2) is 6.59. The van der Waals surface area contributed by atoms with E-state index in [1.54, 1.807) is 18.2 Å². The van der Waals surface area contributed by atoms with E-state index in [9.17, 15) is 4.79 Å². The van der Waals surface area contributed by atoms with Crippen molar-refractivity contribution in [2.24, 2.45) is 0 Å². The van der Waals surface area contributed by atoms with Gasteiger partial charge >= 0.3 is 5.69 Å². The maximum absolute atomic E-state index is 11.5. The number of nitrogen functional groups attached to an aromatic ring is 1. The molecule has 29 heavy (non-hydrogen) atoms. The van der Waals surface area contributed by atoms with Gasteiger partial charge in [-0.25, -0.2) is 14.8 Å². The number of imidazole rings is 1. The predicted molar refractivity (Wildman–Crippen MR) is 113 cm³/mol. The average molecular weight is 385 g/mol. The third-order valence-electron chi connectivity index (χ3n) is 5.32. The molecule has 2 heterocycles. The summed E-state index contributed by atoms with van der Waals surface area (Å²) in [5.74, 6) is 0.786. The number of aromatic nitrogens is 4. The summed E-state index contributed by atoms with van der Waals surface area (Å²) in [4.78, 5) is 25.4. The van der Waals surface area contributed by atoms with Gasteiger partial charge in [0.25, 0.3) is 0 Å². The predicted octanol–water partition coefficient (Wildman–Crippen LogP) is 2.22. The van der Waals surface area contributed by atoms with E-state index < -0.39 is 0 Å². The van der Waals surface area contributed by atoms with E-state index in [2.05, 4.69) is 37.4 Å². The SMILES string of the molecule is N=C(c1ccc2[nH]c(=O)[nH]c2c1)c1c(N)ncnc1NC1Cc2ccccc2C1. The van der Waals surface area contributed by atoms with Gasteiger partial charge in [0.2, 0.25) is 0 Å². The second-order valence-electron chi connectivity index (χ2n) is 7.22. The molecule has 1 aliphatic carbocycles. The highest BCUT2D eigenvalue weighted by molar-refractivity contribution is 6.17. The van der Waals surface area contributed by atoms with Crippen LogP contribution in [0.2, 0.25) is 0 Å². The van der Waals surface area contributed by atoms with Crippen molar-refractivity contribution in [3.8, 4) is 0 Å². The van der Waals surface area contributed by atoms with Crippen LogP contribution >= 0.6 is 0 Å². The average Bonchev–Trinajstić information content (AvgIpc) is 3.28. The Morgan fingerprint density at radius 3 is 2.55 bits per heavy atom. The summed E-state index contributed by atoms with van der Waals surface area (Å²) in [6.45, 7) is 0. The van der Waals surface area contributed by atoms with Crippen molar-refractivity contribution in [1.82, 2.24) is 19.9 Å². The third kappa shape index (κ3) is 3.04. The summed E-state index contributed by atoms with van der Waals surface area (Å²) in [6, 6.07) is 13.8. The summed E-state index contributed by atoms with van der Waals surface area (Å²) < 4.78 is 0. The van der Waals surface area contributed by atoms with Gasteiger partial charge < -0.3 is 21.0 Å². The smallest absolute Gasteiger partial charge is 0.323 e. The molecule has 0 atom stereocenters. The van der Waals surface area contributed by atoms with Crippen molar-refractivity contribution in [3.05, 3.63) is 81.5 Å². The van der Waals surface area contributed by atoms with Gasteiger partial charge in [-0.1, -0.05) is 30.3 Å². The number of anilines is 2. The molecule has 6 N–H and O–H groups in total. The molecule has 0 saturated carbocycles. The highest BCUT2D eigenvalue weighted by Gasteiger charge is 2.24. The first-order valence-electron chi connectivity index (χ1n) is 9.33. The Kier molecular flexibility index (Phi) is 3.90. The fraction of sp³-hybridized carbons (Fsp3) is 0.143. The number of hydrogen-bond acceptors (Lipinski definition) is 6. The van der Waals surface area contributed by atoms with Crippen LogP contribution in [0.25, 0.3) is 11.0 Å². The first kappa shape index (κ1) is 17.2. The van der Waals surface area contributed by atoms with Gasteiger partial charge in [0.15, 0.2) is 0 Å². The van der Waals surface area contributed by atoms with Gasteiger partial charge in [-0.15, -0.1) is 0 Å². The van der Waals surface area contributed by atoms with Gasteiger partial charge in [0.1, 0.15) is 18.0 Å². The zero-order valence-electron chi connectivity index (χ0n) is 15.5. The fourth-order valence-electron chi connectivity index (χ4n) is 3.94.